The quantitative estimate of drug-likeness (QED) is 0.639. The van der Waals surface area contributed by atoms with E-state index in [4.69, 9.17) is 9.73 Å². The molecule has 0 saturated carbocycles. The predicted molar refractivity (Wildman–Crippen MR) is 113 cm³/mol. The zero-order valence-electron chi connectivity index (χ0n) is 18.2. The number of imide groups is 1. The summed E-state index contributed by atoms with van der Waals surface area (Å²) in [6.07, 6.45) is -0.635. The van der Waals surface area contributed by atoms with Gasteiger partial charge >= 0.3 is 12.0 Å². The summed E-state index contributed by atoms with van der Waals surface area (Å²) in [7, 11) is 1.61. The summed E-state index contributed by atoms with van der Waals surface area (Å²) >= 11 is 0. The van der Waals surface area contributed by atoms with Crippen molar-refractivity contribution < 1.29 is 23.5 Å². The van der Waals surface area contributed by atoms with Crippen LogP contribution in [-0.4, -0.2) is 102 Å². The Labute approximate surface area is 185 Å². The Balaban J connectivity index is 1.53. The molecule has 1 aromatic carbocycles. The highest BCUT2D eigenvalue weighted by Crippen LogP contribution is 2.27. The van der Waals surface area contributed by atoms with Gasteiger partial charge in [-0.2, -0.15) is 0 Å². The molecule has 3 aliphatic rings. The van der Waals surface area contributed by atoms with Gasteiger partial charge in [-0.15, -0.1) is 0 Å². The van der Waals surface area contributed by atoms with E-state index in [2.05, 4.69) is 10.2 Å². The van der Waals surface area contributed by atoms with Crippen LogP contribution in [-0.2, 0) is 20.9 Å². The number of halogens is 1. The lowest BCUT2D eigenvalue weighted by Gasteiger charge is -2.40. The molecule has 11 heteroatoms. The molecule has 3 aliphatic heterocycles. The van der Waals surface area contributed by atoms with Crippen molar-refractivity contribution in [2.45, 2.75) is 25.7 Å². The van der Waals surface area contributed by atoms with Crippen LogP contribution in [0.1, 0.15) is 12.5 Å². The van der Waals surface area contributed by atoms with Crippen LogP contribution >= 0.6 is 0 Å². The topological polar surface area (TPSA) is 97.8 Å². The Morgan fingerprint density at radius 3 is 2.53 bits per heavy atom. The molecular formula is C21H27FN6O4. The summed E-state index contributed by atoms with van der Waals surface area (Å²) in [5.74, 6) is -0.364. The number of aliphatic imine (C=N–C) groups is 1. The highest BCUT2D eigenvalue weighted by molar-refractivity contribution is 6.03. The first-order valence-electron chi connectivity index (χ1n) is 10.7. The first-order chi connectivity index (χ1) is 15.4. The summed E-state index contributed by atoms with van der Waals surface area (Å²) in [4.78, 5) is 48.8. The van der Waals surface area contributed by atoms with Crippen molar-refractivity contribution in [3.05, 3.63) is 35.6 Å². The minimum atomic E-state index is -0.671. The molecule has 172 valence electrons. The van der Waals surface area contributed by atoms with Crippen LogP contribution in [0.2, 0.25) is 0 Å². The number of hydrogen-bond acceptors (Lipinski definition) is 8. The fraction of sp³-hybridized carbons (Fsp3) is 0.524. The zero-order valence-corrected chi connectivity index (χ0v) is 18.2. The molecule has 0 aliphatic carbocycles. The van der Waals surface area contributed by atoms with E-state index >= 15 is 0 Å². The maximum atomic E-state index is 13.4. The van der Waals surface area contributed by atoms with E-state index < -0.39 is 24.1 Å². The minimum absolute atomic E-state index is 0.234. The van der Waals surface area contributed by atoms with Crippen LogP contribution in [0.15, 0.2) is 29.3 Å². The third-order valence-corrected chi connectivity index (χ3v) is 5.92. The molecule has 2 atom stereocenters. The van der Waals surface area contributed by atoms with Crippen LogP contribution < -0.4 is 5.32 Å². The number of rotatable bonds is 5. The molecule has 1 N–H and O–H groups in total. The minimum Gasteiger partial charge on any atom is -0.465 e. The van der Waals surface area contributed by atoms with Gasteiger partial charge in [0.05, 0.1) is 13.2 Å². The number of ether oxygens (including phenoxy) is 1. The average Bonchev–Trinajstić information content (AvgIpc) is 3.14. The summed E-state index contributed by atoms with van der Waals surface area (Å²) in [6.45, 7) is 5.20. The summed E-state index contributed by atoms with van der Waals surface area (Å²) < 4.78 is 18.4. The van der Waals surface area contributed by atoms with Gasteiger partial charge < -0.3 is 19.4 Å². The van der Waals surface area contributed by atoms with E-state index in [0.717, 1.165) is 5.56 Å². The molecule has 2 saturated heterocycles. The number of nitrogens with zero attached hydrogens (tertiary/aromatic N) is 5. The number of likely N-dealkylation sites (N-methyl/N-ethyl adjacent to an activating group) is 1. The number of amides is 3. The third kappa shape index (κ3) is 4.38. The van der Waals surface area contributed by atoms with Crippen LogP contribution in [0.25, 0.3) is 0 Å². The van der Waals surface area contributed by atoms with E-state index in [0.29, 0.717) is 45.3 Å². The van der Waals surface area contributed by atoms with Crippen molar-refractivity contribution in [2.24, 2.45) is 4.99 Å². The second-order valence-electron chi connectivity index (χ2n) is 8.02. The smallest absolute Gasteiger partial charge is 0.325 e. The van der Waals surface area contributed by atoms with E-state index in [1.54, 1.807) is 26.1 Å². The van der Waals surface area contributed by atoms with Gasteiger partial charge in [0.15, 0.2) is 18.2 Å². The fourth-order valence-electron chi connectivity index (χ4n) is 4.23. The molecule has 1 aromatic rings. The van der Waals surface area contributed by atoms with Crippen molar-refractivity contribution in [1.29, 1.82) is 0 Å². The van der Waals surface area contributed by atoms with Gasteiger partial charge in [-0.3, -0.25) is 19.8 Å². The van der Waals surface area contributed by atoms with Crippen molar-refractivity contribution in [3.8, 4) is 0 Å². The number of nitrogens with one attached hydrogen (secondary N) is 1. The Morgan fingerprint density at radius 2 is 1.88 bits per heavy atom. The molecular weight excluding hydrogens is 419 g/mol. The second kappa shape index (κ2) is 9.11. The van der Waals surface area contributed by atoms with Crippen molar-refractivity contribution in [1.82, 2.24) is 24.9 Å². The van der Waals surface area contributed by atoms with Gasteiger partial charge in [0, 0.05) is 39.8 Å². The number of carbonyl (C=O) groups excluding carboxylic acids is 3. The Kier molecular flexibility index (Phi) is 6.26. The summed E-state index contributed by atoms with van der Waals surface area (Å²) in [5.41, 5.74) is 0.827. The highest BCUT2D eigenvalue weighted by atomic mass is 19.1. The molecule has 32 heavy (non-hydrogen) atoms. The molecule has 0 bridgehead atoms. The maximum absolute atomic E-state index is 13.4. The van der Waals surface area contributed by atoms with Gasteiger partial charge in [0.2, 0.25) is 0 Å². The lowest BCUT2D eigenvalue weighted by Crippen LogP contribution is -2.64. The molecule has 3 amide bonds. The van der Waals surface area contributed by atoms with Crippen molar-refractivity contribution in [2.75, 3.05) is 46.4 Å². The van der Waals surface area contributed by atoms with Crippen LogP contribution in [0.5, 0.6) is 0 Å². The largest absolute Gasteiger partial charge is 0.465 e. The van der Waals surface area contributed by atoms with Gasteiger partial charge in [0.1, 0.15) is 5.82 Å². The van der Waals surface area contributed by atoms with Gasteiger partial charge in [-0.05, 0) is 24.6 Å². The van der Waals surface area contributed by atoms with Crippen LogP contribution in [0.4, 0.5) is 9.18 Å². The van der Waals surface area contributed by atoms with Crippen LogP contribution in [0.3, 0.4) is 0 Å². The predicted octanol–water partition coefficient (Wildman–Crippen LogP) is 0.0543. The molecule has 4 rings (SSSR count). The second-order valence-corrected chi connectivity index (χ2v) is 8.02. The first kappa shape index (κ1) is 22.0. The molecule has 0 aromatic heterocycles. The van der Waals surface area contributed by atoms with Crippen LogP contribution in [0, 0.1) is 5.82 Å². The first-order valence-corrected chi connectivity index (χ1v) is 10.7. The van der Waals surface area contributed by atoms with Gasteiger partial charge in [-0.25, -0.2) is 14.2 Å². The fourth-order valence-corrected chi connectivity index (χ4v) is 4.23. The Hall–Kier alpha value is -3.21. The zero-order chi connectivity index (χ0) is 22.8. The van der Waals surface area contributed by atoms with E-state index in [9.17, 15) is 18.8 Å². The van der Waals surface area contributed by atoms with E-state index in [1.165, 1.54) is 17.0 Å². The average molecular weight is 446 g/mol. The monoisotopic (exact) mass is 446 g/mol. The standard InChI is InChI=1S/C21H27FN6O4/c1-3-32-16(29)13-26-8-10-27(11-9-26)20-23-18-17(19(30)24-21(31)25(18)2)28(20)12-14-4-6-15(22)7-5-14/h4-7,17-18H,3,8-13H2,1-2H3,(H,24,30,31). The maximum Gasteiger partial charge on any atom is 0.325 e. The van der Waals surface area contributed by atoms with Crippen molar-refractivity contribution in [3.63, 3.8) is 0 Å². The van der Waals surface area contributed by atoms with Gasteiger partial charge in [0.25, 0.3) is 5.91 Å². The number of guanidine groups is 1. The molecule has 3 heterocycles. The number of hydrogen-bond donors (Lipinski definition) is 1. The molecule has 2 fully saturated rings. The number of piperazine rings is 1. The molecule has 10 nitrogen and oxygen atoms in total. The SMILES string of the molecule is CCOC(=O)CN1CCN(C2=NC3C(C(=O)NC(=O)N3C)N2Cc2ccc(F)cc2)CC1. The molecule has 0 spiro atoms. The Morgan fingerprint density at radius 1 is 1.19 bits per heavy atom. The summed E-state index contributed by atoms with van der Waals surface area (Å²) in [5, 5.41) is 2.38. The number of benzene rings is 1. The third-order valence-electron chi connectivity index (χ3n) is 5.92. The summed E-state index contributed by atoms with van der Waals surface area (Å²) in [6, 6.07) is 4.95. The number of carbonyl (C=O) groups is 3. The number of urea groups is 1. The molecule has 2 unspecified atom stereocenters. The molecule has 0 radical (unpaired) electrons. The lowest BCUT2D eigenvalue weighted by molar-refractivity contribution is -0.144. The van der Waals surface area contributed by atoms with E-state index in [1.807, 2.05) is 9.80 Å². The van der Waals surface area contributed by atoms with E-state index in [-0.39, 0.29) is 18.3 Å². The lowest BCUT2D eigenvalue weighted by atomic mass is 10.1. The Bertz CT molecular complexity index is 915. The van der Waals surface area contributed by atoms with Gasteiger partial charge in [-0.1, -0.05) is 12.1 Å². The normalized spacial score (nSPS) is 23.7. The highest BCUT2D eigenvalue weighted by Gasteiger charge is 2.49. The number of esters is 1. The van der Waals surface area contributed by atoms with Crippen molar-refractivity contribution >= 4 is 23.9 Å². The number of fused-ring (bicyclic) bond motifs is 1.